The molecule has 3 rings (SSSR count). The van der Waals surface area contributed by atoms with Crippen LogP contribution in [0.4, 0.5) is 14.2 Å². The van der Waals surface area contributed by atoms with Gasteiger partial charge in [-0.05, 0) is 36.6 Å². The van der Waals surface area contributed by atoms with E-state index in [2.05, 4.69) is 15.6 Å². The molecule has 0 saturated carbocycles. The van der Waals surface area contributed by atoms with Crippen molar-refractivity contribution >= 4 is 33.7 Å². The van der Waals surface area contributed by atoms with Crippen LogP contribution in [0.2, 0.25) is 0 Å². The zero-order valence-electron chi connectivity index (χ0n) is 12.3. The van der Waals surface area contributed by atoms with Crippen molar-refractivity contribution in [2.24, 2.45) is 0 Å². The van der Waals surface area contributed by atoms with Gasteiger partial charge in [-0.25, -0.2) is 14.2 Å². The van der Waals surface area contributed by atoms with Crippen LogP contribution in [0.15, 0.2) is 41.8 Å². The summed E-state index contributed by atoms with van der Waals surface area (Å²) in [5.74, 6) is -0.295. The molecule has 0 aliphatic carbocycles. The number of amides is 2. The fraction of sp³-hybridized carbons (Fsp3) is 0.125. The minimum atomic E-state index is -0.295. The van der Waals surface area contributed by atoms with Gasteiger partial charge < -0.3 is 5.32 Å². The Morgan fingerprint density at radius 3 is 2.83 bits per heavy atom. The lowest BCUT2D eigenvalue weighted by Crippen LogP contribution is -2.27. The Morgan fingerprint density at radius 2 is 2.09 bits per heavy atom. The highest BCUT2D eigenvalue weighted by molar-refractivity contribution is 7.15. The summed E-state index contributed by atoms with van der Waals surface area (Å²) in [6, 6.07) is 9.98. The summed E-state index contributed by atoms with van der Waals surface area (Å²) in [4.78, 5) is 17.1. The summed E-state index contributed by atoms with van der Waals surface area (Å²) in [6.45, 7) is 2.21. The summed E-state index contributed by atoms with van der Waals surface area (Å²) >= 11 is 2.84. The first kappa shape index (κ1) is 15.6. The van der Waals surface area contributed by atoms with Gasteiger partial charge >= 0.3 is 6.03 Å². The molecule has 0 bridgehead atoms. The number of aromatic nitrogens is 1. The van der Waals surface area contributed by atoms with Gasteiger partial charge in [0.1, 0.15) is 10.8 Å². The standard InChI is InChI=1S/C16H14FN3OS2/c1-10-13(9-18-16(21)20-14-7-4-8-22-14)23-15(19-10)11-5-2-3-6-12(11)17/h2-8H,9H2,1H3,(H2,18,20,21). The molecule has 0 unspecified atom stereocenters. The van der Waals surface area contributed by atoms with Crippen molar-refractivity contribution in [3.05, 3.63) is 58.2 Å². The van der Waals surface area contributed by atoms with E-state index in [0.29, 0.717) is 17.1 Å². The molecule has 0 spiro atoms. The summed E-state index contributed by atoms with van der Waals surface area (Å²) in [5.41, 5.74) is 1.28. The van der Waals surface area contributed by atoms with Crippen molar-refractivity contribution in [3.8, 4) is 10.6 Å². The molecule has 0 aliphatic rings. The molecule has 2 aromatic heterocycles. The molecule has 0 aliphatic heterocycles. The summed E-state index contributed by atoms with van der Waals surface area (Å²) in [7, 11) is 0. The quantitative estimate of drug-likeness (QED) is 0.722. The van der Waals surface area contributed by atoms with Gasteiger partial charge in [-0.2, -0.15) is 0 Å². The second kappa shape index (κ2) is 6.89. The predicted molar refractivity (Wildman–Crippen MR) is 92.4 cm³/mol. The number of thiophene rings is 1. The number of anilines is 1. The minimum absolute atomic E-state index is 0.271. The first-order valence-electron chi connectivity index (χ1n) is 6.93. The van der Waals surface area contributed by atoms with Gasteiger partial charge in [0.15, 0.2) is 0 Å². The molecule has 2 amide bonds. The molecule has 0 radical (unpaired) electrons. The zero-order chi connectivity index (χ0) is 16.2. The van der Waals surface area contributed by atoms with Crippen LogP contribution < -0.4 is 10.6 Å². The number of hydrogen-bond donors (Lipinski definition) is 2. The smallest absolute Gasteiger partial charge is 0.320 e. The number of urea groups is 1. The van der Waals surface area contributed by atoms with Crippen LogP contribution >= 0.6 is 22.7 Å². The lowest BCUT2D eigenvalue weighted by atomic mass is 10.2. The van der Waals surface area contributed by atoms with Crippen LogP contribution in [-0.4, -0.2) is 11.0 Å². The van der Waals surface area contributed by atoms with Gasteiger partial charge in [0.2, 0.25) is 0 Å². The molecular formula is C16H14FN3OS2. The molecule has 7 heteroatoms. The van der Waals surface area contributed by atoms with E-state index in [-0.39, 0.29) is 11.8 Å². The Labute approximate surface area is 141 Å². The molecule has 0 saturated heterocycles. The van der Waals surface area contributed by atoms with Crippen molar-refractivity contribution in [1.29, 1.82) is 0 Å². The topological polar surface area (TPSA) is 54.0 Å². The van der Waals surface area contributed by atoms with Gasteiger partial charge in [-0.15, -0.1) is 22.7 Å². The minimum Gasteiger partial charge on any atom is -0.333 e. The van der Waals surface area contributed by atoms with Crippen molar-refractivity contribution in [1.82, 2.24) is 10.3 Å². The average Bonchev–Trinajstić information content (AvgIpc) is 3.15. The average molecular weight is 347 g/mol. The maximum Gasteiger partial charge on any atom is 0.320 e. The monoisotopic (exact) mass is 347 g/mol. The zero-order valence-corrected chi connectivity index (χ0v) is 13.9. The van der Waals surface area contributed by atoms with E-state index >= 15 is 0 Å². The van der Waals surface area contributed by atoms with Crippen LogP contribution in [0.3, 0.4) is 0 Å². The number of rotatable bonds is 4. The number of aryl methyl sites for hydroxylation is 1. The largest absolute Gasteiger partial charge is 0.333 e. The van der Waals surface area contributed by atoms with Gasteiger partial charge in [0, 0.05) is 10.4 Å². The highest BCUT2D eigenvalue weighted by Crippen LogP contribution is 2.29. The third-order valence-corrected chi connectivity index (χ3v) is 5.14. The Morgan fingerprint density at radius 1 is 1.26 bits per heavy atom. The van der Waals surface area contributed by atoms with E-state index < -0.39 is 0 Å². The van der Waals surface area contributed by atoms with Gasteiger partial charge in [-0.3, -0.25) is 5.32 Å². The van der Waals surface area contributed by atoms with E-state index in [1.165, 1.54) is 28.7 Å². The normalized spacial score (nSPS) is 10.5. The van der Waals surface area contributed by atoms with Gasteiger partial charge in [0.25, 0.3) is 0 Å². The number of carbonyl (C=O) groups excluding carboxylic acids is 1. The van der Waals surface area contributed by atoms with Crippen molar-refractivity contribution in [2.45, 2.75) is 13.5 Å². The predicted octanol–water partition coefficient (Wildman–Crippen LogP) is 4.64. The third-order valence-electron chi connectivity index (χ3n) is 3.16. The van der Waals surface area contributed by atoms with Crippen LogP contribution in [0.5, 0.6) is 0 Å². The molecule has 0 fully saturated rings. The third kappa shape index (κ3) is 3.75. The van der Waals surface area contributed by atoms with Gasteiger partial charge in [-0.1, -0.05) is 12.1 Å². The fourth-order valence-corrected chi connectivity index (χ4v) is 3.65. The van der Waals surface area contributed by atoms with Gasteiger partial charge in [0.05, 0.1) is 17.2 Å². The maximum atomic E-state index is 13.8. The number of thiazole rings is 1. The van der Waals surface area contributed by atoms with Crippen LogP contribution in [0.25, 0.3) is 10.6 Å². The first-order chi connectivity index (χ1) is 11.1. The molecular weight excluding hydrogens is 333 g/mol. The molecule has 0 atom stereocenters. The maximum absolute atomic E-state index is 13.8. The summed E-state index contributed by atoms with van der Waals surface area (Å²) in [5, 5.41) is 8.84. The Hall–Kier alpha value is -2.25. The number of nitrogens with one attached hydrogen (secondary N) is 2. The number of nitrogens with zero attached hydrogens (tertiary/aromatic N) is 1. The Balaban J connectivity index is 1.67. The van der Waals surface area contributed by atoms with E-state index in [1.807, 2.05) is 24.4 Å². The SMILES string of the molecule is Cc1nc(-c2ccccc2F)sc1CNC(=O)Nc1cccs1. The van der Waals surface area contributed by atoms with Crippen molar-refractivity contribution < 1.29 is 9.18 Å². The fourth-order valence-electron chi connectivity index (χ4n) is 2.01. The Kier molecular flexibility index (Phi) is 4.68. The van der Waals surface area contributed by atoms with E-state index in [1.54, 1.807) is 18.2 Å². The molecule has 23 heavy (non-hydrogen) atoms. The van der Waals surface area contributed by atoms with Crippen LogP contribution in [0.1, 0.15) is 10.6 Å². The summed E-state index contributed by atoms with van der Waals surface area (Å²) < 4.78 is 13.8. The lowest BCUT2D eigenvalue weighted by molar-refractivity contribution is 0.252. The van der Waals surface area contributed by atoms with E-state index in [9.17, 15) is 9.18 Å². The molecule has 2 N–H and O–H groups in total. The number of benzene rings is 1. The molecule has 3 aromatic rings. The molecule has 4 nitrogen and oxygen atoms in total. The highest BCUT2D eigenvalue weighted by atomic mass is 32.1. The molecule has 2 heterocycles. The second-order valence-electron chi connectivity index (χ2n) is 4.79. The van der Waals surface area contributed by atoms with Crippen molar-refractivity contribution in [3.63, 3.8) is 0 Å². The van der Waals surface area contributed by atoms with Crippen LogP contribution in [0, 0.1) is 12.7 Å². The van der Waals surface area contributed by atoms with Crippen molar-refractivity contribution in [2.75, 3.05) is 5.32 Å². The lowest BCUT2D eigenvalue weighted by Gasteiger charge is -2.04. The van der Waals surface area contributed by atoms with Crippen LogP contribution in [-0.2, 0) is 6.54 Å². The number of hydrogen-bond acceptors (Lipinski definition) is 4. The second-order valence-corrected chi connectivity index (χ2v) is 6.82. The molecule has 1 aromatic carbocycles. The van der Waals surface area contributed by atoms with E-state index in [4.69, 9.17) is 0 Å². The number of carbonyl (C=O) groups is 1. The molecule has 118 valence electrons. The summed E-state index contributed by atoms with van der Waals surface area (Å²) in [6.07, 6.45) is 0. The first-order valence-corrected chi connectivity index (χ1v) is 8.62. The Bertz CT molecular complexity index is 815. The van der Waals surface area contributed by atoms with E-state index in [0.717, 1.165) is 15.6 Å². The highest BCUT2D eigenvalue weighted by Gasteiger charge is 2.13. The number of halogens is 1.